The van der Waals surface area contributed by atoms with Crippen molar-refractivity contribution in [3.05, 3.63) is 5.28 Å². The van der Waals surface area contributed by atoms with Gasteiger partial charge in [0.15, 0.2) is 0 Å². The summed E-state index contributed by atoms with van der Waals surface area (Å²) in [6.07, 6.45) is 3.63. The Kier molecular flexibility index (Phi) is 5.02. The highest BCUT2D eigenvalue weighted by atomic mass is 35.5. The molecule has 0 bridgehead atoms. The minimum Gasteiger partial charge on any atom is -0.461 e. The van der Waals surface area contributed by atoms with Crippen molar-refractivity contribution in [2.24, 2.45) is 11.8 Å². The molecule has 0 saturated heterocycles. The van der Waals surface area contributed by atoms with Crippen molar-refractivity contribution in [3.8, 4) is 6.01 Å². The van der Waals surface area contributed by atoms with Gasteiger partial charge in [-0.25, -0.2) is 0 Å². The fraction of sp³-hybridized carbons (Fsp3) is 0.786. The van der Waals surface area contributed by atoms with Crippen molar-refractivity contribution < 1.29 is 4.74 Å². The van der Waals surface area contributed by atoms with E-state index in [0.717, 1.165) is 12.3 Å². The Hall–Kier alpha value is -1.10. The van der Waals surface area contributed by atoms with E-state index in [1.807, 2.05) is 13.8 Å². The summed E-state index contributed by atoms with van der Waals surface area (Å²) in [6, 6.07) is 0.672. The van der Waals surface area contributed by atoms with Crippen LogP contribution in [0.15, 0.2) is 0 Å². The van der Waals surface area contributed by atoms with Crippen molar-refractivity contribution in [1.82, 2.24) is 15.0 Å². The maximum absolute atomic E-state index is 5.93. The van der Waals surface area contributed by atoms with E-state index in [1.54, 1.807) is 0 Å². The SMILES string of the molecule is CCC1CCC(Nc2nc(Cl)nc(OC(C)C)n2)C1C. The third kappa shape index (κ3) is 3.72. The molecule has 0 aromatic carbocycles. The van der Waals surface area contributed by atoms with E-state index in [0.29, 0.717) is 17.9 Å². The van der Waals surface area contributed by atoms with Gasteiger partial charge < -0.3 is 10.1 Å². The van der Waals surface area contributed by atoms with Crippen molar-refractivity contribution in [2.75, 3.05) is 5.32 Å². The smallest absolute Gasteiger partial charge is 0.322 e. The Morgan fingerprint density at radius 2 is 2.05 bits per heavy atom. The summed E-state index contributed by atoms with van der Waals surface area (Å²) >= 11 is 5.93. The van der Waals surface area contributed by atoms with Crippen LogP contribution in [0.4, 0.5) is 5.95 Å². The fourth-order valence-corrected chi connectivity index (χ4v) is 3.01. The number of hydrogen-bond donors (Lipinski definition) is 1. The van der Waals surface area contributed by atoms with Crippen LogP contribution < -0.4 is 10.1 Å². The number of nitrogens with one attached hydrogen (secondary N) is 1. The van der Waals surface area contributed by atoms with Gasteiger partial charge in [0, 0.05) is 6.04 Å². The molecule has 20 heavy (non-hydrogen) atoms. The molecule has 3 atom stereocenters. The Balaban J connectivity index is 2.07. The van der Waals surface area contributed by atoms with Gasteiger partial charge in [-0.1, -0.05) is 20.3 Å². The molecule has 0 amide bonds. The van der Waals surface area contributed by atoms with Crippen LogP contribution >= 0.6 is 11.6 Å². The molecule has 1 N–H and O–H groups in total. The molecule has 1 aliphatic rings. The average molecular weight is 299 g/mol. The molecular weight excluding hydrogens is 276 g/mol. The summed E-state index contributed by atoms with van der Waals surface area (Å²) in [5.41, 5.74) is 0. The van der Waals surface area contributed by atoms with Gasteiger partial charge in [0.2, 0.25) is 11.2 Å². The van der Waals surface area contributed by atoms with Crippen LogP contribution in [0.3, 0.4) is 0 Å². The lowest BCUT2D eigenvalue weighted by Gasteiger charge is -2.21. The first kappa shape index (κ1) is 15.3. The largest absolute Gasteiger partial charge is 0.461 e. The Labute approximate surface area is 125 Å². The second-order valence-electron chi connectivity index (χ2n) is 5.73. The fourth-order valence-electron chi connectivity index (χ4n) is 2.85. The summed E-state index contributed by atoms with van der Waals surface area (Å²) in [6.45, 7) is 8.39. The Morgan fingerprint density at radius 3 is 2.65 bits per heavy atom. The maximum Gasteiger partial charge on any atom is 0.322 e. The number of rotatable bonds is 5. The minimum absolute atomic E-state index is 0.0104. The number of hydrogen-bond acceptors (Lipinski definition) is 5. The molecule has 1 aromatic rings. The molecule has 0 spiro atoms. The quantitative estimate of drug-likeness (QED) is 0.901. The molecule has 6 heteroatoms. The first-order valence-corrected chi connectivity index (χ1v) is 7.72. The van der Waals surface area contributed by atoms with Gasteiger partial charge in [0.05, 0.1) is 6.10 Å². The Bertz CT molecular complexity index is 455. The monoisotopic (exact) mass is 298 g/mol. The van der Waals surface area contributed by atoms with Crippen molar-refractivity contribution in [2.45, 2.75) is 59.1 Å². The van der Waals surface area contributed by atoms with Gasteiger partial charge in [-0.3, -0.25) is 0 Å². The summed E-state index contributed by atoms with van der Waals surface area (Å²) < 4.78 is 5.48. The zero-order valence-corrected chi connectivity index (χ0v) is 13.3. The van der Waals surface area contributed by atoms with Crippen LogP contribution in [0.1, 0.15) is 47.0 Å². The molecule has 1 heterocycles. The molecule has 112 valence electrons. The van der Waals surface area contributed by atoms with Gasteiger partial charge in [0.1, 0.15) is 0 Å². The number of aromatic nitrogens is 3. The van der Waals surface area contributed by atoms with Crippen LogP contribution in [0.2, 0.25) is 5.28 Å². The third-order valence-electron chi connectivity index (χ3n) is 3.99. The predicted molar refractivity (Wildman–Crippen MR) is 80.2 cm³/mol. The van der Waals surface area contributed by atoms with Gasteiger partial charge in [0.25, 0.3) is 0 Å². The first-order valence-electron chi connectivity index (χ1n) is 7.34. The van der Waals surface area contributed by atoms with Crippen molar-refractivity contribution in [3.63, 3.8) is 0 Å². The van der Waals surface area contributed by atoms with E-state index >= 15 is 0 Å². The normalized spacial score (nSPS) is 26.0. The lowest BCUT2D eigenvalue weighted by molar-refractivity contribution is 0.221. The number of nitrogens with zero attached hydrogens (tertiary/aromatic N) is 3. The molecule has 5 nitrogen and oxygen atoms in total. The van der Waals surface area contributed by atoms with Crippen LogP contribution in [-0.4, -0.2) is 27.1 Å². The highest BCUT2D eigenvalue weighted by Gasteiger charge is 2.32. The molecular formula is C14H23ClN4O. The lowest BCUT2D eigenvalue weighted by atomic mass is 9.94. The minimum atomic E-state index is 0.0104. The molecule has 3 unspecified atom stereocenters. The zero-order chi connectivity index (χ0) is 14.7. The molecule has 2 rings (SSSR count). The number of halogens is 1. The summed E-state index contributed by atoms with van der Waals surface area (Å²) in [5, 5.41) is 3.55. The van der Waals surface area contributed by atoms with Gasteiger partial charge in [-0.15, -0.1) is 0 Å². The van der Waals surface area contributed by atoms with Crippen molar-refractivity contribution >= 4 is 17.5 Å². The topological polar surface area (TPSA) is 59.9 Å². The van der Waals surface area contributed by atoms with Gasteiger partial charge >= 0.3 is 6.01 Å². The molecule has 1 fully saturated rings. The van der Waals surface area contributed by atoms with Crippen LogP contribution in [0.5, 0.6) is 6.01 Å². The third-order valence-corrected chi connectivity index (χ3v) is 4.16. The first-order chi connectivity index (χ1) is 9.49. The number of anilines is 1. The maximum atomic E-state index is 5.93. The molecule has 1 saturated carbocycles. The molecule has 0 radical (unpaired) electrons. The van der Waals surface area contributed by atoms with E-state index in [9.17, 15) is 0 Å². The summed E-state index contributed by atoms with van der Waals surface area (Å²) in [7, 11) is 0. The number of ether oxygens (including phenoxy) is 1. The standard InChI is InChI=1S/C14H23ClN4O/c1-5-10-6-7-11(9(10)4)16-13-17-12(15)18-14(19-13)20-8(2)3/h8-11H,5-7H2,1-4H3,(H,16,17,18,19). The molecule has 0 aliphatic heterocycles. The summed E-state index contributed by atoms with van der Waals surface area (Å²) in [5.74, 6) is 1.90. The molecule has 1 aliphatic carbocycles. The van der Waals surface area contributed by atoms with E-state index in [2.05, 4.69) is 34.1 Å². The van der Waals surface area contributed by atoms with Gasteiger partial charge in [-0.2, -0.15) is 15.0 Å². The van der Waals surface area contributed by atoms with E-state index in [4.69, 9.17) is 16.3 Å². The van der Waals surface area contributed by atoms with Gasteiger partial charge in [-0.05, 0) is 50.1 Å². The highest BCUT2D eigenvalue weighted by molar-refractivity contribution is 6.28. The van der Waals surface area contributed by atoms with Crippen LogP contribution in [-0.2, 0) is 0 Å². The van der Waals surface area contributed by atoms with E-state index in [-0.39, 0.29) is 17.4 Å². The highest BCUT2D eigenvalue weighted by Crippen LogP contribution is 2.35. The summed E-state index contributed by atoms with van der Waals surface area (Å²) in [4.78, 5) is 12.4. The van der Waals surface area contributed by atoms with Crippen LogP contribution in [0, 0.1) is 11.8 Å². The predicted octanol–water partition coefficient (Wildman–Crippen LogP) is 3.55. The van der Waals surface area contributed by atoms with E-state index < -0.39 is 0 Å². The second-order valence-corrected chi connectivity index (χ2v) is 6.07. The second kappa shape index (κ2) is 6.57. The Morgan fingerprint density at radius 1 is 1.30 bits per heavy atom. The molecule has 1 aromatic heterocycles. The zero-order valence-electron chi connectivity index (χ0n) is 12.6. The van der Waals surface area contributed by atoms with Crippen molar-refractivity contribution in [1.29, 1.82) is 0 Å². The average Bonchev–Trinajstić information content (AvgIpc) is 2.69. The lowest BCUT2D eigenvalue weighted by Crippen LogP contribution is -2.26. The van der Waals surface area contributed by atoms with E-state index in [1.165, 1.54) is 12.8 Å². The van der Waals surface area contributed by atoms with Crippen LogP contribution in [0.25, 0.3) is 0 Å².